The fourth-order valence-electron chi connectivity index (χ4n) is 4.23. The highest BCUT2D eigenvalue weighted by atomic mass is 19.1. The molecule has 2 aliphatic carbocycles. The van der Waals surface area contributed by atoms with Crippen LogP contribution >= 0.6 is 0 Å². The Morgan fingerprint density at radius 3 is 2.48 bits per heavy atom. The van der Waals surface area contributed by atoms with Gasteiger partial charge < -0.3 is 20.7 Å². The quantitative estimate of drug-likeness (QED) is 0.272. The number of halogens is 2. The van der Waals surface area contributed by atoms with Gasteiger partial charge >= 0.3 is 0 Å². The molecule has 0 radical (unpaired) electrons. The van der Waals surface area contributed by atoms with Gasteiger partial charge in [-0.3, -0.25) is 14.4 Å². The van der Waals surface area contributed by atoms with Crippen molar-refractivity contribution in [2.75, 3.05) is 16.0 Å². The summed E-state index contributed by atoms with van der Waals surface area (Å²) in [7, 11) is 0. The fourth-order valence-corrected chi connectivity index (χ4v) is 4.23. The van der Waals surface area contributed by atoms with Crippen molar-refractivity contribution in [2.24, 2.45) is 11.3 Å². The number of benzene rings is 2. The number of rotatable bonds is 8. The third kappa shape index (κ3) is 5.07. The molecule has 2 fully saturated rings. The van der Waals surface area contributed by atoms with Crippen molar-refractivity contribution in [3.63, 3.8) is 0 Å². The van der Waals surface area contributed by atoms with Gasteiger partial charge in [-0.15, -0.1) is 5.10 Å². The van der Waals surface area contributed by atoms with Gasteiger partial charge in [0.25, 0.3) is 0 Å². The summed E-state index contributed by atoms with van der Waals surface area (Å²) in [6, 6.07) is 11.0. The second-order valence-electron chi connectivity index (χ2n) is 10.1. The lowest BCUT2D eigenvalue weighted by molar-refractivity contribution is -0.131. The number of ether oxygens (including phenoxy) is 1. The first-order valence-corrected chi connectivity index (χ1v) is 12.7. The summed E-state index contributed by atoms with van der Waals surface area (Å²) in [6.45, 7) is 1.72. The first-order chi connectivity index (χ1) is 19.2. The SMILES string of the molecule is Cc1ccc(F)cc1NC(=O)C1(C(=O)Nc2ccc(Oc3ccc4nc(NC(=O)C5CC5)cn4n3)c(F)c2)CC1. The summed E-state index contributed by atoms with van der Waals surface area (Å²) in [5.74, 6) is -2.12. The van der Waals surface area contributed by atoms with Gasteiger partial charge in [-0.25, -0.2) is 18.3 Å². The average Bonchev–Trinajstić information content (AvgIpc) is 3.84. The largest absolute Gasteiger partial charge is 0.434 e. The van der Waals surface area contributed by atoms with E-state index in [4.69, 9.17) is 4.74 Å². The molecule has 6 rings (SSSR count). The van der Waals surface area contributed by atoms with Crippen molar-refractivity contribution >= 4 is 40.6 Å². The molecule has 3 amide bonds. The molecule has 10 nitrogen and oxygen atoms in total. The molecular formula is C28H24F2N6O4. The van der Waals surface area contributed by atoms with Crippen molar-refractivity contribution in [2.45, 2.75) is 32.6 Å². The van der Waals surface area contributed by atoms with Crippen LogP contribution in [0.5, 0.6) is 11.6 Å². The number of carbonyl (C=O) groups is 3. The van der Waals surface area contributed by atoms with Gasteiger partial charge in [0, 0.05) is 29.4 Å². The molecule has 12 heteroatoms. The predicted octanol–water partition coefficient (Wildman–Crippen LogP) is 4.81. The lowest BCUT2D eigenvalue weighted by Gasteiger charge is -2.17. The lowest BCUT2D eigenvalue weighted by atomic mass is 10.0. The topological polar surface area (TPSA) is 127 Å². The minimum absolute atomic E-state index is 0.0313. The maximum absolute atomic E-state index is 14.9. The number of nitrogens with zero attached hydrogens (tertiary/aromatic N) is 3. The summed E-state index contributed by atoms with van der Waals surface area (Å²) < 4.78 is 35.5. The van der Waals surface area contributed by atoms with E-state index in [9.17, 15) is 23.2 Å². The fraction of sp³-hybridized carbons (Fsp3) is 0.250. The Morgan fingerprint density at radius 1 is 0.975 bits per heavy atom. The van der Waals surface area contributed by atoms with E-state index in [0.29, 0.717) is 35.6 Å². The molecule has 0 spiro atoms. The number of amides is 3. The Kier molecular flexibility index (Phi) is 6.16. The van der Waals surface area contributed by atoms with Gasteiger partial charge in [-0.05, 0) is 68.5 Å². The number of hydrogen-bond donors (Lipinski definition) is 3. The second kappa shape index (κ2) is 9.70. The molecule has 0 aliphatic heterocycles. The van der Waals surface area contributed by atoms with Crippen LogP contribution in [0, 0.1) is 29.9 Å². The lowest BCUT2D eigenvalue weighted by Crippen LogP contribution is -2.35. The highest BCUT2D eigenvalue weighted by Crippen LogP contribution is 2.47. The van der Waals surface area contributed by atoms with E-state index in [2.05, 4.69) is 26.0 Å². The minimum Gasteiger partial charge on any atom is -0.434 e. The summed E-state index contributed by atoms with van der Waals surface area (Å²) in [5, 5.41) is 12.2. The Labute approximate surface area is 226 Å². The standard InChI is InChI=1S/C28H24F2N6O4/c1-15-2-5-17(29)12-20(15)32-27(39)28(10-11-28)26(38)31-18-6-7-21(19(30)13-18)40-24-9-8-23-33-22(14-36(23)35-24)34-25(37)16-3-4-16/h2,5-9,12-14,16H,3-4,10-11H2,1H3,(H,31,38)(H,32,39)(H,34,37). The molecule has 0 saturated heterocycles. The summed E-state index contributed by atoms with van der Waals surface area (Å²) in [6.07, 6.45) is 3.91. The van der Waals surface area contributed by atoms with Gasteiger partial charge in [-0.2, -0.15) is 0 Å². The van der Waals surface area contributed by atoms with Gasteiger partial charge in [0.2, 0.25) is 23.6 Å². The average molecular weight is 547 g/mol. The number of aryl methyl sites for hydroxylation is 1. The monoisotopic (exact) mass is 546 g/mol. The van der Waals surface area contributed by atoms with Gasteiger partial charge in [0.1, 0.15) is 11.2 Å². The third-order valence-electron chi connectivity index (χ3n) is 6.97. The molecule has 0 bridgehead atoms. The molecule has 204 valence electrons. The molecule has 2 aromatic heterocycles. The van der Waals surface area contributed by atoms with Crippen LogP contribution in [0.2, 0.25) is 0 Å². The van der Waals surface area contributed by atoms with Crippen LogP contribution < -0.4 is 20.7 Å². The van der Waals surface area contributed by atoms with Crippen molar-refractivity contribution < 1.29 is 27.9 Å². The minimum atomic E-state index is -1.31. The van der Waals surface area contributed by atoms with Crippen LogP contribution in [0.3, 0.4) is 0 Å². The first-order valence-electron chi connectivity index (χ1n) is 12.7. The Morgan fingerprint density at radius 2 is 1.75 bits per heavy atom. The zero-order valence-electron chi connectivity index (χ0n) is 21.3. The molecule has 2 heterocycles. The van der Waals surface area contributed by atoms with Crippen LogP contribution in [-0.2, 0) is 14.4 Å². The summed E-state index contributed by atoms with van der Waals surface area (Å²) in [5.41, 5.74) is 0.253. The van der Waals surface area contributed by atoms with E-state index in [0.717, 1.165) is 18.9 Å². The molecule has 2 saturated carbocycles. The Bertz CT molecular complexity index is 1680. The zero-order valence-corrected chi connectivity index (χ0v) is 21.3. The number of hydrogen-bond acceptors (Lipinski definition) is 6. The van der Waals surface area contributed by atoms with Crippen molar-refractivity contribution in [1.29, 1.82) is 0 Å². The molecule has 4 aromatic rings. The van der Waals surface area contributed by atoms with E-state index >= 15 is 0 Å². The van der Waals surface area contributed by atoms with Crippen LogP contribution in [-0.4, -0.2) is 32.3 Å². The van der Waals surface area contributed by atoms with E-state index in [1.165, 1.54) is 47.1 Å². The molecule has 2 aliphatic rings. The highest BCUT2D eigenvalue weighted by Gasteiger charge is 2.56. The maximum atomic E-state index is 14.9. The smallest absolute Gasteiger partial charge is 0.240 e. The number of nitrogens with one attached hydrogen (secondary N) is 3. The van der Waals surface area contributed by atoms with Crippen molar-refractivity contribution in [1.82, 2.24) is 14.6 Å². The van der Waals surface area contributed by atoms with E-state index in [1.54, 1.807) is 13.0 Å². The predicted molar refractivity (Wildman–Crippen MR) is 141 cm³/mol. The summed E-state index contributed by atoms with van der Waals surface area (Å²) in [4.78, 5) is 42.1. The Balaban J connectivity index is 1.11. The third-order valence-corrected chi connectivity index (χ3v) is 6.97. The van der Waals surface area contributed by atoms with E-state index < -0.39 is 28.9 Å². The molecule has 0 atom stereocenters. The number of fused-ring (bicyclic) bond motifs is 1. The number of aromatic nitrogens is 3. The molecule has 3 N–H and O–H groups in total. The number of carbonyl (C=O) groups excluding carboxylic acids is 3. The maximum Gasteiger partial charge on any atom is 0.240 e. The van der Waals surface area contributed by atoms with Crippen molar-refractivity contribution in [3.05, 3.63) is 71.9 Å². The first kappa shape index (κ1) is 25.4. The van der Waals surface area contributed by atoms with Gasteiger partial charge in [-0.1, -0.05) is 6.07 Å². The molecule has 40 heavy (non-hydrogen) atoms. The van der Waals surface area contributed by atoms with Crippen LogP contribution in [0.4, 0.5) is 26.0 Å². The Hall–Kier alpha value is -4.87. The molecule has 0 unspecified atom stereocenters. The van der Waals surface area contributed by atoms with E-state index in [-0.39, 0.29) is 29.1 Å². The molecule has 2 aromatic carbocycles. The summed E-state index contributed by atoms with van der Waals surface area (Å²) >= 11 is 0. The van der Waals surface area contributed by atoms with E-state index in [1.807, 2.05) is 0 Å². The normalized spacial score (nSPS) is 15.4. The van der Waals surface area contributed by atoms with Crippen LogP contribution in [0.1, 0.15) is 31.2 Å². The highest BCUT2D eigenvalue weighted by molar-refractivity contribution is 6.17. The van der Waals surface area contributed by atoms with Gasteiger partial charge in [0.05, 0.1) is 6.20 Å². The zero-order chi connectivity index (χ0) is 28.0. The van der Waals surface area contributed by atoms with Crippen LogP contribution in [0.15, 0.2) is 54.7 Å². The van der Waals surface area contributed by atoms with Crippen LogP contribution in [0.25, 0.3) is 5.65 Å². The number of anilines is 3. The van der Waals surface area contributed by atoms with Gasteiger partial charge in [0.15, 0.2) is 23.0 Å². The molecular weight excluding hydrogens is 522 g/mol. The number of imidazole rings is 1. The second-order valence-corrected chi connectivity index (χ2v) is 10.1. The van der Waals surface area contributed by atoms with Crippen molar-refractivity contribution in [3.8, 4) is 11.6 Å².